The van der Waals surface area contributed by atoms with Gasteiger partial charge in [0.1, 0.15) is 17.3 Å². The molecule has 1 N–H and O–H groups in total. The molecule has 2 aliphatic rings. The number of anilines is 2. The molecule has 176 valence electrons. The fourth-order valence-corrected chi connectivity index (χ4v) is 4.41. The second-order valence-electron chi connectivity index (χ2n) is 9.32. The monoisotopic (exact) mass is 454 g/mol. The zero-order valence-corrected chi connectivity index (χ0v) is 19.7. The first-order valence-corrected chi connectivity index (χ1v) is 11.4. The first kappa shape index (κ1) is 22.9. The number of benzene rings is 1. The van der Waals surface area contributed by atoms with Gasteiger partial charge in [0, 0.05) is 50.7 Å². The number of amides is 2. The summed E-state index contributed by atoms with van der Waals surface area (Å²) in [7, 11) is 0. The third-order valence-corrected chi connectivity index (χ3v) is 6.24. The van der Waals surface area contributed by atoms with Crippen LogP contribution in [-0.4, -0.2) is 69.8 Å². The summed E-state index contributed by atoms with van der Waals surface area (Å²) in [6.07, 6.45) is 0.657. The lowest BCUT2D eigenvalue weighted by Gasteiger charge is -2.35. The average Bonchev–Trinajstić information content (AvgIpc) is 3.11. The molecule has 0 atom stereocenters. The fourth-order valence-electron chi connectivity index (χ4n) is 4.41. The molecule has 2 aliphatic heterocycles. The highest BCUT2D eigenvalue weighted by Crippen LogP contribution is 2.31. The van der Waals surface area contributed by atoms with Gasteiger partial charge in [-0.1, -0.05) is 12.1 Å². The van der Waals surface area contributed by atoms with Gasteiger partial charge >= 0.3 is 0 Å². The molecule has 4 rings (SSSR count). The minimum Gasteiger partial charge on any atom is -0.364 e. The zero-order chi connectivity index (χ0) is 23.8. The van der Waals surface area contributed by atoms with Crippen molar-refractivity contribution in [3.05, 3.63) is 46.9 Å². The Balaban J connectivity index is 1.62. The molecule has 0 radical (unpaired) electrons. The van der Waals surface area contributed by atoms with Gasteiger partial charge in [-0.05, 0) is 44.9 Å². The summed E-state index contributed by atoms with van der Waals surface area (Å²) in [5, 5.41) is 3.54. The highest BCUT2D eigenvalue weighted by Gasteiger charge is 2.34. The first-order chi connectivity index (χ1) is 15.7. The van der Waals surface area contributed by atoms with E-state index in [-0.39, 0.29) is 17.6 Å². The van der Waals surface area contributed by atoms with Crippen molar-refractivity contribution in [1.82, 2.24) is 19.8 Å². The summed E-state index contributed by atoms with van der Waals surface area (Å²) in [6, 6.07) is 6.49. The van der Waals surface area contributed by atoms with Crippen molar-refractivity contribution >= 4 is 23.6 Å². The minimum atomic E-state index is -0.396. The highest BCUT2D eigenvalue weighted by molar-refractivity contribution is 5.98. The van der Waals surface area contributed by atoms with Gasteiger partial charge in [0.25, 0.3) is 5.91 Å². The second-order valence-corrected chi connectivity index (χ2v) is 9.32. The molecule has 3 heterocycles. The Morgan fingerprint density at radius 3 is 2.39 bits per heavy atom. The molecule has 1 saturated heterocycles. The molecule has 0 spiro atoms. The summed E-state index contributed by atoms with van der Waals surface area (Å²) >= 11 is 0. The number of fused-ring (bicyclic) bond motifs is 1. The van der Waals surface area contributed by atoms with E-state index in [1.165, 1.54) is 12.1 Å². The Hall–Kier alpha value is -3.23. The number of carbonyl (C=O) groups is 2. The van der Waals surface area contributed by atoms with E-state index in [4.69, 9.17) is 4.98 Å². The minimum absolute atomic E-state index is 0.0585. The summed E-state index contributed by atoms with van der Waals surface area (Å²) in [6.45, 7) is 11.1. The molecule has 0 aliphatic carbocycles. The average molecular weight is 455 g/mol. The maximum Gasteiger partial charge on any atom is 0.273 e. The van der Waals surface area contributed by atoms with E-state index >= 15 is 0 Å². The zero-order valence-electron chi connectivity index (χ0n) is 19.7. The van der Waals surface area contributed by atoms with Crippen LogP contribution in [0.1, 0.15) is 49.3 Å². The number of piperazine rings is 1. The van der Waals surface area contributed by atoms with Crippen LogP contribution in [0.4, 0.5) is 16.2 Å². The predicted molar refractivity (Wildman–Crippen MR) is 125 cm³/mol. The smallest absolute Gasteiger partial charge is 0.273 e. The summed E-state index contributed by atoms with van der Waals surface area (Å²) in [5.41, 5.74) is 1.86. The van der Waals surface area contributed by atoms with E-state index in [2.05, 4.69) is 24.1 Å². The molecule has 1 aromatic carbocycles. The maximum atomic E-state index is 13.3. The quantitative estimate of drug-likeness (QED) is 0.723. The lowest BCUT2D eigenvalue weighted by Crippen LogP contribution is -2.48. The van der Waals surface area contributed by atoms with Crippen molar-refractivity contribution < 1.29 is 14.0 Å². The lowest BCUT2D eigenvalue weighted by molar-refractivity contribution is -0.129. The molecule has 2 aromatic rings. The number of aromatic nitrogens is 2. The van der Waals surface area contributed by atoms with Gasteiger partial charge in [-0.3, -0.25) is 9.59 Å². The number of carbonyl (C=O) groups excluding carboxylic acids is 2. The third-order valence-electron chi connectivity index (χ3n) is 6.24. The van der Waals surface area contributed by atoms with Crippen molar-refractivity contribution in [2.24, 2.45) is 0 Å². The number of rotatable bonds is 6. The fraction of sp³-hybridized carbons (Fsp3) is 0.500. The van der Waals surface area contributed by atoms with E-state index in [1.54, 1.807) is 28.9 Å². The number of nitrogens with zero attached hydrogens (tertiary/aromatic N) is 5. The molecular weight excluding hydrogens is 423 g/mol. The van der Waals surface area contributed by atoms with Crippen molar-refractivity contribution in [2.45, 2.75) is 46.2 Å². The van der Waals surface area contributed by atoms with Gasteiger partial charge in [0.15, 0.2) is 0 Å². The molecular formula is C24H31FN6O2. The van der Waals surface area contributed by atoms with Gasteiger partial charge < -0.3 is 20.0 Å². The first-order valence-electron chi connectivity index (χ1n) is 11.4. The summed E-state index contributed by atoms with van der Waals surface area (Å²) < 4.78 is 13.3. The van der Waals surface area contributed by atoms with Crippen LogP contribution in [0.25, 0.3) is 0 Å². The Bertz CT molecular complexity index is 1050. The van der Waals surface area contributed by atoms with Crippen LogP contribution >= 0.6 is 0 Å². The van der Waals surface area contributed by atoms with Gasteiger partial charge in [0.05, 0.1) is 6.54 Å². The molecule has 1 aromatic heterocycles. The van der Waals surface area contributed by atoms with E-state index in [9.17, 15) is 14.0 Å². The van der Waals surface area contributed by atoms with Crippen LogP contribution in [0.2, 0.25) is 0 Å². The molecule has 0 unspecified atom stereocenters. The van der Waals surface area contributed by atoms with Crippen molar-refractivity contribution in [3.8, 4) is 0 Å². The summed E-state index contributed by atoms with van der Waals surface area (Å²) in [5.74, 6) is 0.871. The van der Waals surface area contributed by atoms with Crippen LogP contribution in [0.5, 0.6) is 0 Å². The van der Waals surface area contributed by atoms with Gasteiger partial charge in [0.2, 0.25) is 11.9 Å². The van der Waals surface area contributed by atoms with Crippen molar-refractivity contribution in [2.75, 3.05) is 42.9 Å². The number of hydrogen-bond donors (Lipinski definition) is 1. The van der Waals surface area contributed by atoms with Crippen LogP contribution < -0.4 is 10.2 Å². The van der Waals surface area contributed by atoms with Gasteiger partial charge in [-0.2, -0.15) is 4.98 Å². The van der Waals surface area contributed by atoms with Crippen LogP contribution in [0.3, 0.4) is 0 Å². The van der Waals surface area contributed by atoms with E-state index in [1.807, 2.05) is 11.8 Å². The number of halogens is 1. The molecule has 2 amide bonds. The normalized spacial score (nSPS) is 16.3. The molecule has 1 fully saturated rings. The van der Waals surface area contributed by atoms with Crippen LogP contribution in [0, 0.1) is 5.82 Å². The molecule has 8 nitrogen and oxygen atoms in total. The van der Waals surface area contributed by atoms with E-state index < -0.39 is 5.54 Å². The Morgan fingerprint density at radius 1 is 1.12 bits per heavy atom. The Labute approximate surface area is 193 Å². The molecule has 0 bridgehead atoms. The van der Waals surface area contributed by atoms with Crippen molar-refractivity contribution in [1.29, 1.82) is 0 Å². The van der Waals surface area contributed by atoms with Crippen LogP contribution in [-0.2, 0) is 17.8 Å². The molecule has 33 heavy (non-hydrogen) atoms. The number of hydrogen-bond acceptors (Lipinski definition) is 6. The third kappa shape index (κ3) is 4.91. The van der Waals surface area contributed by atoms with Gasteiger partial charge in [-0.25, -0.2) is 9.37 Å². The highest BCUT2D eigenvalue weighted by atomic mass is 19.1. The Morgan fingerprint density at radius 2 is 1.79 bits per heavy atom. The maximum absolute atomic E-state index is 13.3. The van der Waals surface area contributed by atoms with Crippen LogP contribution in [0.15, 0.2) is 24.3 Å². The van der Waals surface area contributed by atoms with E-state index in [0.29, 0.717) is 63.1 Å². The molecule has 0 saturated carbocycles. The lowest BCUT2D eigenvalue weighted by atomic mass is 9.94. The second kappa shape index (κ2) is 8.96. The number of nitrogens with one attached hydrogen (secondary N) is 1. The Kier molecular flexibility index (Phi) is 6.23. The van der Waals surface area contributed by atoms with Gasteiger partial charge in [-0.15, -0.1) is 0 Å². The SMILES string of the molecule is CCN1Cc2c(NC(C)(C)Cc3ccc(F)cc3)nc(N3CCN(C(C)=O)CC3)nc2C1=O. The topological polar surface area (TPSA) is 81.7 Å². The summed E-state index contributed by atoms with van der Waals surface area (Å²) in [4.78, 5) is 39.7. The molecule has 9 heteroatoms. The largest absolute Gasteiger partial charge is 0.364 e. The van der Waals surface area contributed by atoms with E-state index in [0.717, 1.165) is 11.1 Å². The standard InChI is InChI=1S/C24H31FN6O2/c1-5-29-15-19-20(22(29)33)26-23(31-12-10-30(11-13-31)16(2)32)27-21(19)28-24(3,4)14-17-6-8-18(25)9-7-17/h6-9H,5,10-15H2,1-4H3,(H,26,27,28). The van der Waals surface area contributed by atoms with Crippen molar-refractivity contribution in [3.63, 3.8) is 0 Å². The predicted octanol–water partition coefficient (Wildman–Crippen LogP) is 2.69.